The monoisotopic (exact) mass is 256 g/mol. The lowest BCUT2D eigenvalue weighted by Gasteiger charge is -2.17. The molecule has 0 atom stereocenters. The molecule has 0 radical (unpaired) electrons. The summed E-state index contributed by atoms with van der Waals surface area (Å²) in [6.07, 6.45) is 1.01. The van der Waals surface area contributed by atoms with E-state index in [9.17, 15) is 8.78 Å². The van der Waals surface area contributed by atoms with Crippen LogP contribution in [0.25, 0.3) is 0 Å². The van der Waals surface area contributed by atoms with Gasteiger partial charge in [-0.25, -0.2) is 8.78 Å². The Morgan fingerprint density at radius 3 is 2.56 bits per heavy atom. The van der Waals surface area contributed by atoms with Gasteiger partial charge in [0.1, 0.15) is 0 Å². The number of halogens is 2. The molecule has 0 aliphatic carbocycles. The molecule has 0 saturated heterocycles. The summed E-state index contributed by atoms with van der Waals surface area (Å²) >= 11 is 0. The van der Waals surface area contributed by atoms with E-state index in [4.69, 9.17) is 0 Å². The van der Waals surface area contributed by atoms with E-state index >= 15 is 0 Å². The third-order valence-corrected chi connectivity index (χ3v) is 3.07. The van der Waals surface area contributed by atoms with Gasteiger partial charge in [-0.15, -0.1) is 0 Å². The van der Waals surface area contributed by atoms with Gasteiger partial charge in [-0.1, -0.05) is 26.0 Å². The third kappa shape index (κ3) is 4.70. The van der Waals surface area contributed by atoms with Gasteiger partial charge in [-0.2, -0.15) is 0 Å². The zero-order valence-electron chi connectivity index (χ0n) is 11.2. The molecule has 2 nitrogen and oxygen atoms in total. The van der Waals surface area contributed by atoms with Crippen LogP contribution in [0.15, 0.2) is 18.2 Å². The Labute approximate surface area is 108 Å². The molecule has 4 heteroatoms. The summed E-state index contributed by atoms with van der Waals surface area (Å²) in [7, 11) is 0. The first-order chi connectivity index (χ1) is 8.69. The van der Waals surface area contributed by atoms with Crippen molar-refractivity contribution in [1.29, 1.82) is 0 Å². The fraction of sp³-hybridized carbons (Fsp3) is 0.571. The minimum atomic E-state index is -0.780. The maximum Gasteiger partial charge on any atom is 0.163 e. The van der Waals surface area contributed by atoms with Gasteiger partial charge >= 0.3 is 0 Å². The van der Waals surface area contributed by atoms with Gasteiger partial charge in [0.2, 0.25) is 0 Å². The van der Waals surface area contributed by atoms with E-state index in [2.05, 4.69) is 24.1 Å². The molecular weight excluding hydrogens is 234 g/mol. The maximum atomic E-state index is 13.3. The number of rotatable bonds is 8. The maximum absolute atomic E-state index is 13.3. The highest BCUT2D eigenvalue weighted by Crippen LogP contribution is 2.10. The molecule has 18 heavy (non-hydrogen) atoms. The number of benzene rings is 1. The lowest BCUT2D eigenvalue weighted by molar-refractivity contribution is 0.298. The predicted octanol–water partition coefficient (Wildman–Crippen LogP) is 2.79. The molecule has 0 aromatic heterocycles. The molecule has 0 spiro atoms. The molecule has 0 aliphatic rings. The van der Waals surface area contributed by atoms with Crippen LogP contribution in [-0.2, 0) is 6.54 Å². The van der Waals surface area contributed by atoms with Crippen LogP contribution in [0.5, 0.6) is 0 Å². The van der Waals surface area contributed by atoms with Crippen LogP contribution in [0.2, 0.25) is 0 Å². The van der Waals surface area contributed by atoms with Crippen molar-refractivity contribution in [2.75, 3.05) is 26.2 Å². The summed E-state index contributed by atoms with van der Waals surface area (Å²) < 4.78 is 26.3. The van der Waals surface area contributed by atoms with Gasteiger partial charge in [-0.05, 0) is 38.7 Å². The summed E-state index contributed by atoms with van der Waals surface area (Å²) in [6, 6.07) is 4.28. The first kappa shape index (κ1) is 15.1. The van der Waals surface area contributed by atoms with Crippen LogP contribution >= 0.6 is 0 Å². The van der Waals surface area contributed by atoms with Crippen LogP contribution in [0.1, 0.15) is 25.8 Å². The first-order valence-corrected chi connectivity index (χ1v) is 6.55. The standard InChI is InChI=1S/C14H22F2N2/c1-3-18(4-2)10-6-9-17-11-12-7-5-8-13(15)14(12)16/h5,7-8,17H,3-4,6,9-11H2,1-2H3. The molecular formula is C14H22F2N2. The second-order valence-electron chi connectivity index (χ2n) is 4.27. The normalized spacial score (nSPS) is 11.2. The summed E-state index contributed by atoms with van der Waals surface area (Å²) in [6.45, 7) is 8.60. The summed E-state index contributed by atoms with van der Waals surface area (Å²) in [5.41, 5.74) is 0.387. The summed E-state index contributed by atoms with van der Waals surface area (Å²) in [5, 5.41) is 3.14. The van der Waals surface area contributed by atoms with Crippen molar-refractivity contribution in [1.82, 2.24) is 10.2 Å². The molecule has 1 N–H and O–H groups in total. The average molecular weight is 256 g/mol. The zero-order valence-corrected chi connectivity index (χ0v) is 11.2. The highest BCUT2D eigenvalue weighted by Gasteiger charge is 2.06. The van der Waals surface area contributed by atoms with Crippen LogP contribution in [0.4, 0.5) is 8.78 Å². The minimum absolute atomic E-state index is 0.377. The van der Waals surface area contributed by atoms with E-state index in [1.54, 1.807) is 6.07 Å². The lowest BCUT2D eigenvalue weighted by Crippen LogP contribution is -2.27. The molecule has 0 bridgehead atoms. The number of hydrogen-bond acceptors (Lipinski definition) is 2. The fourth-order valence-corrected chi connectivity index (χ4v) is 1.88. The van der Waals surface area contributed by atoms with Gasteiger partial charge in [0, 0.05) is 12.1 Å². The summed E-state index contributed by atoms with van der Waals surface area (Å²) in [5.74, 6) is -1.52. The van der Waals surface area contributed by atoms with Gasteiger partial charge < -0.3 is 10.2 Å². The number of nitrogens with one attached hydrogen (secondary N) is 1. The first-order valence-electron chi connectivity index (χ1n) is 6.55. The minimum Gasteiger partial charge on any atom is -0.313 e. The smallest absolute Gasteiger partial charge is 0.163 e. The van der Waals surface area contributed by atoms with E-state index in [1.165, 1.54) is 6.07 Å². The topological polar surface area (TPSA) is 15.3 Å². The lowest BCUT2D eigenvalue weighted by atomic mass is 10.2. The largest absolute Gasteiger partial charge is 0.313 e. The van der Waals surface area contributed by atoms with Crippen molar-refractivity contribution in [3.8, 4) is 0 Å². The Balaban J connectivity index is 2.24. The Morgan fingerprint density at radius 2 is 1.89 bits per heavy atom. The second-order valence-corrected chi connectivity index (χ2v) is 4.27. The SMILES string of the molecule is CCN(CC)CCCNCc1cccc(F)c1F. The fourth-order valence-electron chi connectivity index (χ4n) is 1.88. The Hall–Kier alpha value is -1.00. The van der Waals surface area contributed by atoms with Crippen LogP contribution in [0, 0.1) is 11.6 Å². The number of hydrogen-bond donors (Lipinski definition) is 1. The Bertz CT molecular complexity index is 352. The molecule has 102 valence electrons. The van der Waals surface area contributed by atoms with Gasteiger partial charge in [0.15, 0.2) is 11.6 Å². The quantitative estimate of drug-likeness (QED) is 0.719. The summed E-state index contributed by atoms with van der Waals surface area (Å²) in [4.78, 5) is 2.34. The van der Waals surface area contributed by atoms with E-state index in [0.29, 0.717) is 12.1 Å². The third-order valence-electron chi connectivity index (χ3n) is 3.07. The molecule has 0 fully saturated rings. The highest BCUT2D eigenvalue weighted by molar-refractivity contribution is 5.18. The Morgan fingerprint density at radius 1 is 1.17 bits per heavy atom. The van der Waals surface area contributed by atoms with Crippen LogP contribution in [0.3, 0.4) is 0 Å². The van der Waals surface area contributed by atoms with E-state index in [0.717, 1.165) is 38.7 Å². The molecule has 0 aliphatic heterocycles. The van der Waals surface area contributed by atoms with Gasteiger partial charge in [0.05, 0.1) is 0 Å². The van der Waals surface area contributed by atoms with Gasteiger partial charge in [-0.3, -0.25) is 0 Å². The van der Waals surface area contributed by atoms with Crippen LogP contribution < -0.4 is 5.32 Å². The molecule has 1 rings (SSSR count). The van der Waals surface area contributed by atoms with Crippen molar-refractivity contribution >= 4 is 0 Å². The second kappa shape index (κ2) is 8.16. The van der Waals surface area contributed by atoms with E-state index in [1.807, 2.05) is 0 Å². The Kier molecular flexibility index (Phi) is 6.83. The molecule has 0 heterocycles. The van der Waals surface area contributed by atoms with Crippen molar-refractivity contribution < 1.29 is 8.78 Å². The van der Waals surface area contributed by atoms with Crippen molar-refractivity contribution in [3.63, 3.8) is 0 Å². The van der Waals surface area contributed by atoms with E-state index < -0.39 is 11.6 Å². The molecule has 1 aromatic carbocycles. The van der Waals surface area contributed by atoms with Crippen molar-refractivity contribution in [2.24, 2.45) is 0 Å². The molecule has 1 aromatic rings. The number of nitrogens with zero attached hydrogens (tertiary/aromatic N) is 1. The van der Waals surface area contributed by atoms with Crippen molar-refractivity contribution in [2.45, 2.75) is 26.8 Å². The molecule has 0 saturated carbocycles. The zero-order chi connectivity index (χ0) is 13.4. The molecule has 0 amide bonds. The van der Waals surface area contributed by atoms with E-state index in [-0.39, 0.29) is 0 Å². The van der Waals surface area contributed by atoms with Gasteiger partial charge in [0.25, 0.3) is 0 Å². The molecule has 0 unspecified atom stereocenters. The average Bonchev–Trinajstić information content (AvgIpc) is 2.38. The predicted molar refractivity (Wildman–Crippen MR) is 70.5 cm³/mol. The van der Waals surface area contributed by atoms with Crippen molar-refractivity contribution in [3.05, 3.63) is 35.4 Å². The highest BCUT2D eigenvalue weighted by atomic mass is 19.2. The van der Waals surface area contributed by atoms with Crippen LogP contribution in [-0.4, -0.2) is 31.1 Å².